The van der Waals surface area contributed by atoms with Crippen molar-refractivity contribution in [3.63, 3.8) is 0 Å². The van der Waals surface area contributed by atoms with Crippen LogP contribution in [0.2, 0.25) is 5.02 Å². The van der Waals surface area contributed by atoms with Crippen LogP contribution in [0, 0.1) is 5.82 Å². The molecule has 1 aromatic heterocycles. The average molecular weight is 519 g/mol. The van der Waals surface area contributed by atoms with E-state index >= 15 is 0 Å². The van der Waals surface area contributed by atoms with Crippen LogP contribution in [-0.4, -0.2) is 22.3 Å². The quantitative estimate of drug-likeness (QED) is 0.374. The highest BCUT2D eigenvalue weighted by atomic mass is 35.5. The Labute approximate surface area is 189 Å². The van der Waals surface area contributed by atoms with Gasteiger partial charge in [0.05, 0.1) is 23.9 Å². The highest BCUT2D eigenvalue weighted by Gasteiger charge is 2.35. The van der Waals surface area contributed by atoms with Gasteiger partial charge >= 0.3 is 19.5 Å². The standard InChI is InChI=1S/C18H17Cl2F4N2O5P/c1-4-30-32(29,31-5-2)15(20)7-10-6-13(12(21)8-11(10)19)26-16(27)9-14(18(22,23)24)25(3)17(26)28/h6-9H,4-5H2,1-3H3. The van der Waals surface area contributed by atoms with Crippen molar-refractivity contribution in [2.45, 2.75) is 20.0 Å². The van der Waals surface area contributed by atoms with E-state index in [-0.39, 0.29) is 39.0 Å². The van der Waals surface area contributed by atoms with Crippen LogP contribution in [0.4, 0.5) is 17.6 Å². The topological polar surface area (TPSA) is 79.5 Å². The Balaban J connectivity index is 2.75. The molecule has 0 saturated heterocycles. The third-order valence-electron chi connectivity index (χ3n) is 4.05. The summed E-state index contributed by atoms with van der Waals surface area (Å²) in [5.74, 6) is -1.17. The molecule has 7 nitrogen and oxygen atoms in total. The van der Waals surface area contributed by atoms with Gasteiger partial charge in [0.2, 0.25) is 0 Å². The van der Waals surface area contributed by atoms with Crippen molar-refractivity contribution >= 4 is 36.9 Å². The number of nitrogens with zero attached hydrogens (tertiary/aromatic N) is 2. The van der Waals surface area contributed by atoms with E-state index in [4.69, 9.17) is 32.2 Å². The minimum atomic E-state index is -4.98. The lowest BCUT2D eigenvalue weighted by molar-refractivity contribution is -0.144. The van der Waals surface area contributed by atoms with Crippen LogP contribution in [0.15, 0.2) is 32.6 Å². The minimum Gasteiger partial charge on any atom is -0.305 e. The normalized spacial score (nSPS) is 13.0. The van der Waals surface area contributed by atoms with E-state index in [1.165, 1.54) is 0 Å². The van der Waals surface area contributed by atoms with Crippen LogP contribution >= 0.6 is 30.8 Å². The second-order valence-electron chi connectivity index (χ2n) is 6.17. The molecule has 2 aromatic rings. The average Bonchev–Trinajstić information content (AvgIpc) is 2.67. The first kappa shape index (κ1) is 26.3. The van der Waals surface area contributed by atoms with E-state index in [0.717, 1.165) is 25.3 Å². The SMILES string of the molecule is CCOP(=O)(OCC)C(Cl)=Cc1cc(-n2c(=O)cc(C(F)(F)F)n(C)c2=O)c(F)cc1Cl. The van der Waals surface area contributed by atoms with Gasteiger partial charge in [-0.25, -0.2) is 13.8 Å². The molecule has 0 saturated carbocycles. The molecule has 2 rings (SSSR count). The summed E-state index contributed by atoms with van der Waals surface area (Å²) in [5, 5.41) is -0.249. The fourth-order valence-electron chi connectivity index (χ4n) is 2.66. The van der Waals surface area contributed by atoms with E-state index < -0.39 is 47.0 Å². The molecule has 0 unspecified atom stereocenters. The van der Waals surface area contributed by atoms with Crippen molar-refractivity contribution in [1.29, 1.82) is 0 Å². The Morgan fingerprint density at radius 3 is 2.22 bits per heavy atom. The molecule has 0 atom stereocenters. The van der Waals surface area contributed by atoms with Crippen LogP contribution in [0.3, 0.4) is 0 Å². The van der Waals surface area contributed by atoms with Gasteiger partial charge in [-0.2, -0.15) is 13.2 Å². The second-order valence-corrected chi connectivity index (χ2v) is 9.24. The number of benzene rings is 1. The maximum atomic E-state index is 14.6. The Hall–Kier alpha value is -1.91. The molecule has 32 heavy (non-hydrogen) atoms. The van der Waals surface area contributed by atoms with Crippen LogP contribution in [0.5, 0.6) is 0 Å². The fourth-order valence-corrected chi connectivity index (χ4v) is 4.58. The van der Waals surface area contributed by atoms with Gasteiger partial charge in [-0.05, 0) is 37.6 Å². The molecule has 1 aromatic carbocycles. The van der Waals surface area contributed by atoms with Gasteiger partial charge in [-0.1, -0.05) is 23.2 Å². The van der Waals surface area contributed by atoms with Gasteiger partial charge in [0.15, 0.2) is 0 Å². The zero-order valence-corrected chi connectivity index (χ0v) is 19.3. The molecule has 0 spiro atoms. The summed E-state index contributed by atoms with van der Waals surface area (Å²) in [5.41, 5.74) is -5.15. The first-order chi connectivity index (χ1) is 14.8. The van der Waals surface area contributed by atoms with Gasteiger partial charge in [0.1, 0.15) is 16.3 Å². The first-order valence-electron chi connectivity index (χ1n) is 8.93. The van der Waals surface area contributed by atoms with Crippen molar-refractivity contribution in [1.82, 2.24) is 9.13 Å². The summed E-state index contributed by atoms with van der Waals surface area (Å²) >= 11 is 12.1. The lowest BCUT2D eigenvalue weighted by Crippen LogP contribution is -2.41. The highest BCUT2D eigenvalue weighted by molar-refractivity contribution is 7.61. The molecule has 0 N–H and O–H groups in total. The first-order valence-corrected chi connectivity index (χ1v) is 11.2. The van der Waals surface area contributed by atoms with Crippen molar-refractivity contribution < 1.29 is 31.2 Å². The largest absolute Gasteiger partial charge is 0.431 e. The lowest BCUT2D eigenvalue weighted by Gasteiger charge is -2.17. The Kier molecular flexibility index (Phi) is 8.17. The van der Waals surface area contributed by atoms with Gasteiger partial charge in [-0.3, -0.25) is 13.9 Å². The summed E-state index contributed by atoms with van der Waals surface area (Å²) in [6.07, 6.45) is -3.95. The van der Waals surface area contributed by atoms with Gasteiger partial charge in [-0.15, -0.1) is 0 Å². The number of hydrogen-bond donors (Lipinski definition) is 0. The van der Waals surface area contributed by atoms with E-state index in [1.807, 2.05) is 0 Å². The summed E-state index contributed by atoms with van der Waals surface area (Å²) in [6, 6.07) is 1.79. The minimum absolute atomic E-state index is 0.0132. The second kappa shape index (κ2) is 9.93. The van der Waals surface area contributed by atoms with Crippen LogP contribution in [-0.2, 0) is 26.8 Å². The third-order valence-corrected chi connectivity index (χ3v) is 6.96. The molecule has 176 valence electrons. The van der Waals surface area contributed by atoms with Crippen molar-refractivity contribution in [2.75, 3.05) is 13.2 Å². The monoisotopic (exact) mass is 518 g/mol. The molecule has 0 aliphatic heterocycles. The number of hydrogen-bond acceptors (Lipinski definition) is 5. The zero-order chi connectivity index (χ0) is 24.4. The van der Waals surface area contributed by atoms with Crippen LogP contribution in [0.25, 0.3) is 11.8 Å². The van der Waals surface area contributed by atoms with Gasteiger partial charge < -0.3 is 9.05 Å². The number of aromatic nitrogens is 2. The summed E-state index contributed by atoms with van der Waals surface area (Å²) in [7, 11) is -3.15. The smallest absolute Gasteiger partial charge is 0.305 e. The van der Waals surface area contributed by atoms with E-state index in [1.54, 1.807) is 13.8 Å². The molecular formula is C18H17Cl2F4N2O5P. The van der Waals surface area contributed by atoms with Gasteiger partial charge in [0.25, 0.3) is 5.56 Å². The van der Waals surface area contributed by atoms with E-state index in [9.17, 15) is 31.7 Å². The molecule has 0 radical (unpaired) electrons. The number of alkyl halides is 3. The summed E-state index contributed by atoms with van der Waals surface area (Å²) < 4.78 is 76.6. The number of rotatable bonds is 7. The molecule has 0 bridgehead atoms. The Morgan fingerprint density at radius 2 is 1.72 bits per heavy atom. The van der Waals surface area contributed by atoms with Crippen molar-refractivity contribution in [3.8, 4) is 5.69 Å². The number of halogens is 6. The molecule has 14 heteroatoms. The predicted octanol–water partition coefficient (Wildman–Crippen LogP) is 5.15. The predicted molar refractivity (Wildman–Crippen MR) is 112 cm³/mol. The molecule has 0 amide bonds. The summed E-state index contributed by atoms with van der Waals surface area (Å²) in [4.78, 5) is 24.7. The fraction of sp³-hybridized carbons (Fsp3) is 0.333. The Morgan fingerprint density at radius 1 is 1.16 bits per heavy atom. The van der Waals surface area contributed by atoms with Crippen molar-refractivity contribution in [2.24, 2.45) is 7.05 Å². The maximum absolute atomic E-state index is 14.6. The molecule has 0 aliphatic carbocycles. The highest BCUT2D eigenvalue weighted by Crippen LogP contribution is 2.58. The van der Waals surface area contributed by atoms with E-state index in [2.05, 4.69) is 0 Å². The summed E-state index contributed by atoms with van der Waals surface area (Å²) in [6.45, 7) is 3.07. The van der Waals surface area contributed by atoms with Crippen LogP contribution < -0.4 is 11.2 Å². The molecule has 0 fully saturated rings. The molecule has 1 heterocycles. The Bertz CT molecular complexity index is 1210. The maximum Gasteiger partial charge on any atom is 0.431 e. The zero-order valence-electron chi connectivity index (χ0n) is 16.9. The molecular weight excluding hydrogens is 502 g/mol. The molecule has 0 aliphatic rings. The van der Waals surface area contributed by atoms with Gasteiger partial charge in [0, 0.05) is 13.1 Å². The van der Waals surface area contributed by atoms with Crippen molar-refractivity contribution in [3.05, 3.63) is 65.9 Å². The third kappa shape index (κ3) is 5.35. The van der Waals surface area contributed by atoms with E-state index in [0.29, 0.717) is 0 Å². The van der Waals surface area contributed by atoms with Crippen LogP contribution in [0.1, 0.15) is 25.1 Å². The lowest BCUT2D eigenvalue weighted by atomic mass is 10.2.